The molecule has 0 aliphatic rings. The quantitative estimate of drug-likeness (QED) is 0.398. The number of methoxy groups -OCH3 is 1. The molecular weight excluding hydrogens is 212 g/mol. The first-order chi connectivity index (χ1) is 7.74. The van der Waals surface area contributed by atoms with Crippen LogP contribution in [0, 0.1) is 0 Å². The molecule has 6 heteroatoms. The van der Waals surface area contributed by atoms with E-state index in [1.165, 1.54) is 0 Å². The van der Waals surface area contributed by atoms with E-state index < -0.39 is 0 Å². The third-order valence-electron chi connectivity index (χ3n) is 2.05. The SMILES string of the molecule is COCCCNC(=O)CN(CCO)CCO. The molecule has 0 saturated carbocycles. The number of aliphatic hydroxyl groups excluding tert-OH is 2. The molecule has 0 unspecified atom stereocenters. The van der Waals surface area contributed by atoms with Gasteiger partial charge in [0.1, 0.15) is 0 Å². The summed E-state index contributed by atoms with van der Waals surface area (Å²) in [7, 11) is 1.62. The van der Waals surface area contributed by atoms with Crippen molar-refractivity contribution in [2.24, 2.45) is 0 Å². The Hall–Kier alpha value is -0.690. The minimum Gasteiger partial charge on any atom is -0.395 e. The number of rotatable bonds is 10. The standard InChI is InChI=1S/C10H22N2O4/c1-16-8-2-3-11-10(15)9-12(4-6-13)5-7-14/h13-14H,2-9H2,1H3,(H,11,15). The van der Waals surface area contributed by atoms with Crippen LogP contribution in [-0.2, 0) is 9.53 Å². The number of hydrogen-bond donors (Lipinski definition) is 3. The van der Waals surface area contributed by atoms with E-state index in [4.69, 9.17) is 14.9 Å². The molecule has 0 fully saturated rings. The predicted octanol–water partition coefficient (Wildman–Crippen LogP) is -1.57. The summed E-state index contributed by atoms with van der Waals surface area (Å²) in [5, 5.41) is 20.2. The fraction of sp³-hybridized carbons (Fsp3) is 0.900. The highest BCUT2D eigenvalue weighted by Crippen LogP contribution is 1.87. The number of carbonyl (C=O) groups excluding carboxylic acids is 1. The minimum atomic E-state index is -0.0991. The van der Waals surface area contributed by atoms with Crippen molar-refractivity contribution < 1.29 is 19.7 Å². The van der Waals surface area contributed by atoms with Crippen molar-refractivity contribution in [2.45, 2.75) is 6.42 Å². The van der Waals surface area contributed by atoms with Gasteiger partial charge in [0.2, 0.25) is 5.91 Å². The molecule has 6 nitrogen and oxygen atoms in total. The molecular formula is C10H22N2O4. The molecule has 1 amide bonds. The Bertz CT molecular complexity index is 172. The number of ether oxygens (including phenoxy) is 1. The van der Waals surface area contributed by atoms with Crippen LogP contribution in [0.25, 0.3) is 0 Å². The topological polar surface area (TPSA) is 82.0 Å². The number of aliphatic hydroxyl groups is 2. The smallest absolute Gasteiger partial charge is 0.234 e. The summed E-state index contributed by atoms with van der Waals surface area (Å²) < 4.78 is 4.85. The van der Waals surface area contributed by atoms with E-state index in [2.05, 4.69) is 5.32 Å². The molecule has 96 valence electrons. The summed E-state index contributed by atoms with van der Waals surface area (Å²) in [5.74, 6) is -0.0991. The van der Waals surface area contributed by atoms with Crippen molar-refractivity contribution in [1.82, 2.24) is 10.2 Å². The Morgan fingerprint density at radius 1 is 1.31 bits per heavy atom. The van der Waals surface area contributed by atoms with Gasteiger partial charge in [-0.25, -0.2) is 0 Å². The predicted molar refractivity (Wildman–Crippen MR) is 60.1 cm³/mol. The maximum absolute atomic E-state index is 11.4. The van der Waals surface area contributed by atoms with Crippen molar-refractivity contribution in [1.29, 1.82) is 0 Å². The molecule has 0 aliphatic carbocycles. The van der Waals surface area contributed by atoms with Crippen LogP contribution in [0.2, 0.25) is 0 Å². The summed E-state index contributed by atoms with van der Waals surface area (Å²) in [6.45, 7) is 2.16. The molecule has 0 aromatic heterocycles. The Labute approximate surface area is 96.2 Å². The molecule has 0 aliphatic heterocycles. The van der Waals surface area contributed by atoms with Crippen molar-refractivity contribution in [3.8, 4) is 0 Å². The van der Waals surface area contributed by atoms with Gasteiger partial charge in [0.15, 0.2) is 0 Å². The third kappa shape index (κ3) is 8.60. The number of hydrogen-bond acceptors (Lipinski definition) is 5. The highest BCUT2D eigenvalue weighted by atomic mass is 16.5. The normalized spacial score (nSPS) is 10.8. The molecule has 3 N–H and O–H groups in total. The maximum atomic E-state index is 11.4. The van der Waals surface area contributed by atoms with E-state index in [0.29, 0.717) is 26.2 Å². The lowest BCUT2D eigenvalue weighted by Gasteiger charge is -2.19. The first-order valence-corrected chi connectivity index (χ1v) is 5.44. The molecule has 16 heavy (non-hydrogen) atoms. The summed E-state index contributed by atoms with van der Waals surface area (Å²) in [4.78, 5) is 13.1. The summed E-state index contributed by atoms with van der Waals surface area (Å²) in [5.41, 5.74) is 0. The maximum Gasteiger partial charge on any atom is 0.234 e. The molecule has 0 aromatic carbocycles. The Morgan fingerprint density at radius 2 is 1.94 bits per heavy atom. The van der Waals surface area contributed by atoms with Crippen molar-refractivity contribution >= 4 is 5.91 Å². The Balaban J connectivity index is 3.63. The summed E-state index contributed by atoms with van der Waals surface area (Å²) in [6.07, 6.45) is 0.780. The van der Waals surface area contributed by atoms with Gasteiger partial charge >= 0.3 is 0 Å². The van der Waals surface area contributed by atoms with E-state index in [1.807, 2.05) is 0 Å². The van der Waals surface area contributed by atoms with Crippen molar-refractivity contribution in [3.05, 3.63) is 0 Å². The molecule has 0 atom stereocenters. The highest BCUT2D eigenvalue weighted by molar-refractivity contribution is 5.77. The number of carbonyl (C=O) groups is 1. The van der Waals surface area contributed by atoms with Crippen LogP contribution in [0.3, 0.4) is 0 Å². The van der Waals surface area contributed by atoms with Gasteiger partial charge in [-0.3, -0.25) is 9.69 Å². The average molecular weight is 234 g/mol. The van der Waals surface area contributed by atoms with Crippen molar-refractivity contribution in [2.75, 3.05) is 53.1 Å². The molecule has 0 aromatic rings. The number of nitrogens with zero attached hydrogens (tertiary/aromatic N) is 1. The summed E-state index contributed by atoms with van der Waals surface area (Å²) in [6, 6.07) is 0. The van der Waals surface area contributed by atoms with Gasteiger partial charge < -0.3 is 20.3 Å². The molecule has 0 bridgehead atoms. The Kier molecular flexibility index (Phi) is 10.3. The van der Waals surface area contributed by atoms with E-state index in [0.717, 1.165) is 6.42 Å². The number of nitrogens with one attached hydrogen (secondary N) is 1. The zero-order valence-corrected chi connectivity index (χ0v) is 9.81. The van der Waals surface area contributed by atoms with Crippen LogP contribution in [0.4, 0.5) is 0 Å². The van der Waals surface area contributed by atoms with Crippen molar-refractivity contribution in [3.63, 3.8) is 0 Å². The monoisotopic (exact) mass is 234 g/mol. The molecule has 0 saturated heterocycles. The minimum absolute atomic E-state index is 0.0169. The van der Waals surface area contributed by atoms with Crippen LogP contribution < -0.4 is 5.32 Å². The van der Waals surface area contributed by atoms with Gasteiger partial charge in [0.05, 0.1) is 19.8 Å². The molecule has 0 radical (unpaired) electrons. The zero-order valence-electron chi connectivity index (χ0n) is 9.81. The largest absolute Gasteiger partial charge is 0.395 e. The zero-order chi connectivity index (χ0) is 12.2. The first-order valence-electron chi connectivity index (χ1n) is 5.44. The summed E-state index contributed by atoms with van der Waals surface area (Å²) >= 11 is 0. The fourth-order valence-corrected chi connectivity index (χ4v) is 1.26. The lowest BCUT2D eigenvalue weighted by atomic mass is 10.4. The van der Waals surface area contributed by atoms with E-state index in [9.17, 15) is 4.79 Å². The second kappa shape index (κ2) is 10.8. The van der Waals surface area contributed by atoms with Crippen LogP contribution >= 0.6 is 0 Å². The van der Waals surface area contributed by atoms with Crippen LogP contribution in [0.15, 0.2) is 0 Å². The molecule has 0 rings (SSSR count). The van der Waals surface area contributed by atoms with E-state index in [1.54, 1.807) is 12.0 Å². The van der Waals surface area contributed by atoms with Gasteiger partial charge in [0, 0.05) is 33.4 Å². The molecule has 0 spiro atoms. The van der Waals surface area contributed by atoms with Gasteiger partial charge in [0.25, 0.3) is 0 Å². The highest BCUT2D eigenvalue weighted by Gasteiger charge is 2.08. The Morgan fingerprint density at radius 3 is 2.44 bits per heavy atom. The van der Waals surface area contributed by atoms with Gasteiger partial charge in [-0.15, -0.1) is 0 Å². The van der Waals surface area contributed by atoms with Gasteiger partial charge in [-0.1, -0.05) is 0 Å². The van der Waals surface area contributed by atoms with E-state index >= 15 is 0 Å². The fourth-order valence-electron chi connectivity index (χ4n) is 1.26. The second-order valence-corrected chi connectivity index (χ2v) is 3.42. The first kappa shape index (κ1) is 15.3. The lowest BCUT2D eigenvalue weighted by Crippen LogP contribution is -2.40. The number of amides is 1. The third-order valence-corrected chi connectivity index (χ3v) is 2.05. The van der Waals surface area contributed by atoms with Crippen LogP contribution in [0.5, 0.6) is 0 Å². The average Bonchev–Trinajstić information content (AvgIpc) is 2.25. The second-order valence-electron chi connectivity index (χ2n) is 3.42. The van der Waals surface area contributed by atoms with Gasteiger partial charge in [-0.2, -0.15) is 0 Å². The molecule has 0 heterocycles. The van der Waals surface area contributed by atoms with Gasteiger partial charge in [-0.05, 0) is 6.42 Å². The van der Waals surface area contributed by atoms with Crippen LogP contribution in [0.1, 0.15) is 6.42 Å². The lowest BCUT2D eigenvalue weighted by molar-refractivity contribution is -0.122. The van der Waals surface area contributed by atoms with E-state index in [-0.39, 0.29) is 25.7 Å². The van der Waals surface area contributed by atoms with Crippen LogP contribution in [-0.4, -0.2) is 74.1 Å².